The van der Waals surface area contributed by atoms with Crippen LogP contribution in [-0.2, 0) is 19.4 Å². The van der Waals surface area contributed by atoms with Gasteiger partial charge >= 0.3 is 5.97 Å². The van der Waals surface area contributed by atoms with Gasteiger partial charge in [-0.25, -0.2) is 8.42 Å². The van der Waals surface area contributed by atoms with E-state index in [1.165, 1.54) is 11.8 Å². The number of anilines is 1. The van der Waals surface area contributed by atoms with E-state index < -0.39 is 21.7 Å². The summed E-state index contributed by atoms with van der Waals surface area (Å²) in [5.74, 6) is -1.47. The highest BCUT2D eigenvalue weighted by atomic mass is 32.2. The lowest BCUT2D eigenvalue weighted by atomic mass is 10.1. The molecule has 1 amide bonds. The van der Waals surface area contributed by atoms with E-state index >= 15 is 0 Å². The Balaban J connectivity index is 1.97. The minimum absolute atomic E-state index is 0.0282. The summed E-state index contributed by atoms with van der Waals surface area (Å²) in [6, 6.07) is 5.62. The topological polar surface area (TPSA) is 104 Å². The maximum absolute atomic E-state index is 12.1. The number of carboxylic acid groups (broad SMARTS) is 1. The molecule has 0 bridgehead atoms. The fraction of sp³-hybridized carbons (Fsp3) is 0.471. The Labute approximate surface area is 156 Å². The SMILES string of the molecule is Cc1ccc(C)c(N2C(=NC(=O)CCC(=O)O)S[C@H]3CS(=O)(=O)C[C@H]32)c1. The molecule has 0 spiro atoms. The number of thioether (sulfide) groups is 1. The third-order valence-electron chi connectivity index (χ3n) is 4.46. The number of aryl methyl sites for hydroxylation is 2. The molecule has 7 nitrogen and oxygen atoms in total. The quantitative estimate of drug-likeness (QED) is 0.827. The highest BCUT2D eigenvalue weighted by Crippen LogP contribution is 2.42. The van der Waals surface area contributed by atoms with Gasteiger partial charge in [-0.15, -0.1) is 0 Å². The summed E-state index contributed by atoms with van der Waals surface area (Å²) in [5, 5.41) is 9.01. The van der Waals surface area contributed by atoms with Crippen molar-refractivity contribution < 1.29 is 23.1 Å². The number of sulfone groups is 1. The van der Waals surface area contributed by atoms with Crippen LogP contribution in [0.15, 0.2) is 23.2 Å². The molecule has 1 aromatic rings. The van der Waals surface area contributed by atoms with Crippen molar-refractivity contribution in [3.63, 3.8) is 0 Å². The highest BCUT2D eigenvalue weighted by molar-refractivity contribution is 8.16. The van der Waals surface area contributed by atoms with Crippen molar-refractivity contribution in [2.24, 2.45) is 4.99 Å². The first-order valence-corrected chi connectivity index (χ1v) is 10.9. The number of benzene rings is 1. The molecule has 0 unspecified atom stereocenters. The minimum Gasteiger partial charge on any atom is -0.481 e. The lowest BCUT2D eigenvalue weighted by Crippen LogP contribution is -2.38. The van der Waals surface area contributed by atoms with Crippen molar-refractivity contribution in [2.45, 2.75) is 38.0 Å². The minimum atomic E-state index is -3.12. The van der Waals surface area contributed by atoms with Crippen molar-refractivity contribution in [1.82, 2.24) is 0 Å². The maximum atomic E-state index is 12.1. The van der Waals surface area contributed by atoms with Crippen molar-refractivity contribution >= 4 is 44.3 Å². The number of carbonyl (C=O) groups is 2. The molecular formula is C17H20N2O5S2. The fourth-order valence-corrected chi connectivity index (χ4v) is 7.13. The number of rotatable bonds is 4. The number of aliphatic imine (C=N–C) groups is 1. The van der Waals surface area contributed by atoms with Crippen LogP contribution in [-0.4, -0.2) is 53.4 Å². The molecular weight excluding hydrogens is 376 g/mol. The number of hydrogen-bond acceptors (Lipinski definition) is 5. The number of fused-ring (bicyclic) bond motifs is 1. The number of aliphatic carboxylic acids is 1. The maximum Gasteiger partial charge on any atom is 0.303 e. The second kappa shape index (κ2) is 7.03. The van der Waals surface area contributed by atoms with Crippen LogP contribution in [0.4, 0.5) is 5.69 Å². The van der Waals surface area contributed by atoms with Gasteiger partial charge in [0, 0.05) is 17.4 Å². The van der Waals surface area contributed by atoms with Crippen molar-refractivity contribution in [1.29, 1.82) is 0 Å². The van der Waals surface area contributed by atoms with Crippen LogP contribution in [0.5, 0.6) is 0 Å². The van der Waals surface area contributed by atoms with E-state index in [0.29, 0.717) is 5.17 Å². The lowest BCUT2D eigenvalue weighted by molar-refractivity contribution is -0.138. The number of amidine groups is 1. The number of hydrogen-bond donors (Lipinski definition) is 1. The Bertz CT molecular complexity index is 894. The standard InChI is InChI=1S/C17H20N2O5S2/c1-10-3-4-11(2)12(7-10)19-13-8-26(23,24)9-14(13)25-17(19)18-15(20)5-6-16(21)22/h3-4,7,13-14H,5-6,8-9H2,1-2H3,(H,21,22)/t13-,14+/m1/s1. The number of nitrogens with zero attached hydrogens (tertiary/aromatic N) is 2. The van der Waals surface area contributed by atoms with Crippen LogP contribution in [0.1, 0.15) is 24.0 Å². The van der Waals surface area contributed by atoms with Gasteiger partial charge in [-0.3, -0.25) is 9.59 Å². The largest absolute Gasteiger partial charge is 0.481 e. The molecule has 2 aliphatic rings. The Hall–Kier alpha value is -1.87. The van der Waals surface area contributed by atoms with Crippen LogP contribution in [0.2, 0.25) is 0 Å². The summed E-state index contributed by atoms with van der Waals surface area (Å²) < 4.78 is 24.1. The molecule has 2 atom stereocenters. The van der Waals surface area contributed by atoms with Gasteiger partial charge in [-0.05, 0) is 31.0 Å². The van der Waals surface area contributed by atoms with E-state index in [1.807, 2.05) is 36.9 Å². The van der Waals surface area contributed by atoms with Crippen LogP contribution in [0.3, 0.4) is 0 Å². The Morgan fingerprint density at radius 2 is 2.00 bits per heavy atom. The Morgan fingerprint density at radius 3 is 2.69 bits per heavy atom. The van der Waals surface area contributed by atoms with E-state index in [1.54, 1.807) is 0 Å². The summed E-state index contributed by atoms with van der Waals surface area (Å²) in [5.41, 5.74) is 2.83. The van der Waals surface area contributed by atoms with Gasteiger partial charge in [0.05, 0.1) is 24.0 Å². The molecule has 0 radical (unpaired) electrons. The average Bonchev–Trinajstić information content (AvgIpc) is 2.99. The van der Waals surface area contributed by atoms with E-state index in [9.17, 15) is 18.0 Å². The van der Waals surface area contributed by atoms with Crippen molar-refractivity contribution in [3.8, 4) is 0 Å². The molecule has 2 fully saturated rings. The first kappa shape index (κ1) is 18.9. The molecule has 140 valence electrons. The van der Waals surface area contributed by atoms with Gasteiger partial charge < -0.3 is 10.0 Å². The first-order valence-electron chi connectivity index (χ1n) is 8.23. The fourth-order valence-electron chi connectivity index (χ4n) is 3.20. The molecule has 0 aromatic heterocycles. The molecule has 1 N–H and O–H groups in total. The highest BCUT2D eigenvalue weighted by Gasteiger charge is 2.49. The molecule has 1 aromatic carbocycles. The van der Waals surface area contributed by atoms with Crippen LogP contribution < -0.4 is 4.90 Å². The third kappa shape index (κ3) is 3.93. The first-order chi connectivity index (χ1) is 12.2. The molecule has 3 rings (SSSR count). The van der Waals surface area contributed by atoms with E-state index in [0.717, 1.165) is 16.8 Å². The molecule has 2 heterocycles. The monoisotopic (exact) mass is 396 g/mol. The van der Waals surface area contributed by atoms with Crippen LogP contribution in [0, 0.1) is 13.8 Å². The summed E-state index contributed by atoms with van der Waals surface area (Å²) >= 11 is 1.29. The number of carbonyl (C=O) groups excluding carboxylic acids is 1. The molecule has 0 aliphatic carbocycles. The predicted molar refractivity (Wildman–Crippen MR) is 102 cm³/mol. The lowest BCUT2D eigenvalue weighted by Gasteiger charge is -2.26. The van der Waals surface area contributed by atoms with Gasteiger partial charge in [0.2, 0.25) is 5.91 Å². The van der Waals surface area contributed by atoms with E-state index in [4.69, 9.17) is 5.11 Å². The summed E-state index contributed by atoms with van der Waals surface area (Å²) in [6.07, 6.45) is -0.446. The van der Waals surface area contributed by atoms with Crippen molar-refractivity contribution in [2.75, 3.05) is 16.4 Å². The van der Waals surface area contributed by atoms with E-state index in [2.05, 4.69) is 4.99 Å². The van der Waals surface area contributed by atoms with E-state index in [-0.39, 0.29) is 35.6 Å². The molecule has 2 aliphatic heterocycles. The third-order valence-corrected chi connectivity index (χ3v) is 7.67. The molecule has 26 heavy (non-hydrogen) atoms. The number of carboxylic acids is 1. The van der Waals surface area contributed by atoms with Crippen LogP contribution >= 0.6 is 11.8 Å². The summed E-state index contributed by atoms with van der Waals surface area (Å²) in [4.78, 5) is 28.7. The second-order valence-corrected chi connectivity index (χ2v) is 10.0. The zero-order chi connectivity index (χ0) is 19.1. The predicted octanol–water partition coefficient (Wildman–Crippen LogP) is 1.77. The van der Waals surface area contributed by atoms with Crippen LogP contribution in [0.25, 0.3) is 0 Å². The van der Waals surface area contributed by atoms with Crippen molar-refractivity contribution in [3.05, 3.63) is 29.3 Å². The second-order valence-electron chi connectivity index (χ2n) is 6.64. The Kier molecular flexibility index (Phi) is 5.12. The molecule has 0 saturated carbocycles. The van der Waals surface area contributed by atoms with Gasteiger partial charge in [-0.2, -0.15) is 4.99 Å². The smallest absolute Gasteiger partial charge is 0.303 e. The zero-order valence-corrected chi connectivity index (χ0v) is 16.1. The average molecular weight is 396 g/mol. The zero-order valence-electron chi connectivity index (χ0n) is 14.5. The van der Waals surface area contributed by atoms with Gasteiger partial charge in [0.25, 0.3) is 0 Å². The van der Waals surface area contributed by atoms with Gasteiger partial charge in [-0.1, -0.05) is 23.9 Å². The molecule has 9 heteroatoms. The van der Waals surface area contributed by atoms with Gasteiger partial charge in [0.1, 0.15) is 0 Å². The van der Waals surface area contributed by atoms with Gasteiger partial charge in [0.15, 0.2) is 15.0 Å². The molecule has 2 saturated heterocycles. The summed E-state index contributed by atoms with van der Waals surface area (Å²) in [6.45, 7) is 3.88. The summed E-state index contributed by atoms with van der Waals surface area (Å²) in [7, 11) is -3.12. The normalized spacial score (nSPS) is 25.5. The number of amides is 1. The Morgan fingerprint density at radius 1 is 1.27 bits per heavy atom.